The zero-order valence-corrected chi connectivity index (χ0v) is 15.2. The van der Waals surface area contributed by atoms with E-state index in [4.69, 9.17) is 4.74 Å². The number of hydrogen-bond acceptors (Lipinski definition) is 3. The number of likely N-dealkylation sites (tertiary alicyclic amines) is 1. The minimum absolute atomic E-state index is 0.0814. The maximum atomic E-state index is 13.0. The average molecular weight is 344 g/mol. The molecule has 0 unspecified atom stereocenters. The summed E-state index contributed by atoms with van der Waals surface area (Å²) in [7, 11) is 0. The number of carbonyl (C=O) groups is 2. The Kier molecular flexibility index (Phi) is 5.42. The van der Waals surface area contributed by atoms with Crippen molar-refractivity contribution in [1.29, 1.82) is 0 Å². The lowest BCUT2D eigenvalue weighted by atomic mass is 9.81. The highest BCUT2D eigenvalue weighted by Crippen LogP contribution is 2.30. The normalized spacial score (nSPS) is 21.4. The zero-order valence-electron chi connectivity index (χ0n) is 15.2. The maximum Gasteiger partial charge on any atom is 0.245 e. The monoisotopic (exact) mass is 344 g/mol. The number of ether oxygens (including phenoxy) is 1. The van der Waals surface area contributed by atoms with E-state index in [-0.39, 0.29) is 23.3 Å². The summed E-state index contributed by atoms with van der Waals surface area (Å²) in [5, 5.41) is 0. The van der Waals surface area contributed by atoms with Gasteiger partial charge in [-0.3, -0.25) is 9.59 Å². The van der Waals surface area contributed by atoms with Gasteiger partial charge in [-0.15, -0.1) is 0 Å². The van der Waals surface area contributed by atoms with Crippen LogP contribution in [-0.2, 0) is 19.7 Å². The topological polar surface area (TPSA) is 49.9 Å². The van der Waals surface area contributed by atoms with Crippen LogP contribution in [0.3, 0.4) is 0 Å². The lowest BCUT2D eigenvalue weighted by Crippen LogP contribution is -2.51. The van der Waals surface area contributed by atoms with Crippen LogP contribution in [0, 0.1) is 0 Å². The molecular formula is C20H28N2O3. The highest BCUT2D eigenvalue weighted by molar-refractivity contribution is 5.88. The van der Waals surface area contributed by atoms with E-state index < -0.39 is 0 Å². The molecule has 3 rings (SSSR count). The van der Waals surface area contributed by atoms with Crippen molar-refractivity contribution in [3.8, 4) is 0 Å². The maximum absolute atomic E-state index is 13.0. The largest absolute Gasteiger partial charge is 0.378 e. The molecule has 2 heterocycles. The lowest BCUT2D eigenvalue weighted by Gasteiger charge is -2.34. The van der Waals surface area contributed by atoms with Crippen LogP contribution in [0.1, 0.15) is 38.7 Å². The van der Waals surface area contributed by atoms with Gasteiger partial charge in [0.25, 0.3) is 0 Å². The standard InChI is InChI=1S/C20H28N2O3/c1-20(2,16-7-4-3-5-8-16)15-18(23)22-10-6-9-17(22)19(24)21-11-13-25-14-12-21/h3-5,7-8,17H,6,9-15H2,1-2H3/t17-/m1/s1. The molecule has 1 atom stereocenters. The van der Waals surface area contributed by atoms with Gasteiger partial charge < -0.3 is 14.5 Å². The molecule has 0 saturated carbocycles. The first-order chi connectivity index (χ1) is 12.0. The Balaban J connectivity index is 1.67. The van der Waals surface area contributed by atoms with Crippen molar-refractivity contribution in [2.75, 3.05) is 32.8 Å². The number of nitrogens with zero attached hydrogens (tertiary/aromatic N) is 2. The first-order valence-corrected chi connectivity index (χ1v) is 9.20. The van der Waals surface area contributed by atoms with Gasteiger partial charge in [0.2, 0.25) is 11.8 Å². The van der Waals surface area contributed by atoms with Gasteiger partial charge in [0, 0.05) is 26.1 Å². The third kappa shape index (κ3) is 4.03. The second-order valence-corrected chi connectivity index (χ2v) is 7.61. The summed E-state index contributed by atoms with van der Waals surface area (Å²) in [4.78, 5) is 29.4. The molecule has 0 bridgehead atoms. The zero-order chi connectivity index (χ0) is 17.9. The lowest BCUT2D eigenvalue weighted by molar-refractivity contribution is -0.146. The van der Waals surface area contributed by atoms with Crippen molar-refractivity contribution >= 4 is 11.8 Å². The molecule has 0 N–H and O–H groups in total. The number of carbonyl (C=O) groups excluding carboxylic acids is 2. The van der Waals surface area contributed by atoms with Crippen LogP contribution >= 0.6 is 0 Å². The molecule has 2 amide bonds. The predicted octanol–water partition coefficient (Wildman–Crippen LogP) is 2.20. The molecule has 0 spiro atoms. The predicted molar refractivity (Wildman–Crippen MR) is 96.2 cm³/mol. The van der Waals surface area contributed by atoms with E-state index in [0.29, 0.717) is 39.3 Å². The Labute approximate surface area is 149 Å². The Bertz CT molecular complexity index is 609. The van der Waals surface area contributed by atoms with E-state index in [1.807, 2.05) is 28.0 Å². The van der Waals surface area contributed by atoms with Gasteiger partial charge in [0.15, 0.2) is 0 Å². The Morgan fingerprint density at radius 1 is 1.12 bits per heavy atom. The van der Waals surface area contributed by atoms with Crippen molar-refractivity contribution in [2.24, 2.45) is 0 Å². The van der Waals surface area contributed by atoms with Crippen LogP contribution in [0.4, 0.5) is 0 Å². The minimum atomic E-state index is -0.294. The molecule has 2 saturated heterocycles. The molecule has 2 aliphatic heterocycles. The van der Waals surface area contributed by atoms with E-state index in [2.05, 4.69) is 26.0 Å². The van der Waals surface area contributed by atoms with Crippen molar-refractivity contribution in [3.63, 3.8) is 0 Å². The second kappa shape index (κ2) is 7.56. The van der Waals surface area contributed by atoms with Crippen LogP contribution in [0.25, 0.3) is 0 Å². The SMILES string of the molecule is CC(C)(CC(=O)N1CCC[C@@H]1C(=O)N1CCOCC1)c1ccccc1. The van der Waals surface area contributed by atoms with Crippen molar-refractivity contribution < 1.29 is 14.3 Å². The molecule has 2 fully saturated rings. The number of benzene rings is 1. The van der Waals surface area contributed by atoms with Crippen LogP contribution in [-0.4, -0.2) is 60.5 Å². The summed E-state index contributed by atoms with van der Waals surface area (Å²) >= 11 is 0. The summed E-state index contributed by atoms with van der Waals surface area (Å²) in [6.07, 6.45) is 2.09. The summed E-state index contributed by atoms with van der Waals surface area (Å²) in [6.45, 7) is 7.31. The van der Waals surface area contributed by atoms with E-state index in [1.54, 1.807) is 0 Å². The summed E-state index contributed by atoms with van der Waals surface area (Å²) in [5.41, 5.74) is 0.909. The molecular weight excluding hydrogens is 316 g/mol. The van der Waals surface area contributed by atoms with Gasteiger partial charge in [0.05, 0.1) is 13.2 Å². The average Bonchev–Trinajstić information content (AvgIpc) is 3.12. The number of morpholine rings is 1. The van der Waals surface area contributed by atoms with Gasteiger partial charge in [-0.2, -0.15) is 0 Å². The van der Waals surface area contributed by atoms with Gasteiger partial charge >= 0.3 is 0 Å². The highest BCUT2D eigenvalue weighted by atomic mass is 16.5. The van der Waals surface area contributed by atoms with Crippen molar-refractivity contribution in [2.45, 2.75) is 44.6 Å². The Hall–Kier alpha value is -1.88. The number of amides is 2. The quantitative estimate of drug-likeness (QED) is 0.841. The Morgan fingerprint density at radius 3 is 2.48 bits per heavy atom. The molecule has 0 aliphatic carbocycles. The molecule has 5 heteroatoms. The summed E-state index contributed by atoms with van der Waals surface area (Å²) < 4.78 is 5.33. The molecule has 136 valence electrons. The fraction of sp³-hybridized carbons (Fsp3) is 0.600. The van der Waals surface area contributed by atoms with Crippen LogP contribution < -0.4 is 0 Å². The fourth-order valence-electron chi connectivity index (χ4n) is 3.79. The van der Waals surface area contributed by atoms with Gasteiger partial charge in [0.1, 0.15) is 6.04 Å². The van der Waals surface area contributed by atoms with E-state index in [9.17, 15) is 9.59 Å². The first kappa shape index (κ1) is 17.9. The smallest absolute Gasteiger partial charge is 0.245 e. The summed E-state index contributed by atoms with van der Waals surface area (Å²) in [5.74, 6) is 0.171. The molecule has 2 aliphatic rings. The van der Waals surface area contributed by atoms with E-state index in [1.165, 1.54) is 0 Å². The molecule has 25 heavy (non-hydrogen) atoms. The number of rotatable bonds is 4. The van der Waals surface area contributed by atoms with E-state index in [0.717, 1.165) is 18.4 Å². The molecule has 1 aromatic rings. The first-order valence-electron chi connectivity index (χ1n) is 9.20. The third-order valence-electron chi connectivity index (χ3n) is 5.33. The fourth-order valence-corrected chi connectivity index (χ4v) is 3.79. The van der Waals surface area contributed by atoms with E-state index >= 15 is 0 Å². The Morgan fingerprint density at radius 2 is 1.80 bits per heavy atom. The highest BCUT2D eigenvalue weighted by Gasteiger charge is 2.38. The molecule has 1 aromatic carbocycles. The number of hydrogen-bond donors (Lipinski definition) is 0. The van der Waals surface area contributed by atoms with Gasteiger partial charge in [-0.1, -0.05) is 44.2 Å². The van der Waals surface area contributed by atoms with Crippen molar-refractivity contribution in [3.05, 3.63) is 35.9 Å². The molecule has 0 radical (unpaired) electrons. The van der Waals surface area contributed by atoms with Gasteiger partial charge in [-0.25, -0.2) is 0 Å². The summed E-state index contributed by atoms with van der Waals surface area (Å²) in [6, 6.07) is 9.82. The second-order valence-electron chi connectivity index (χ2n) is 7.61. The molecule has 0 aromatic heterocycles. The third-order valence-corrected chi connectivity index (χ3v) is 5.33. The van der Waals surface area contributed by atoms with Crippen LogP contribution in [0.5, 0.6) is 0 Å². The minimum Gasteiger partial charge on any atom is -0.378 e. The van der Waals surface area contributed by atoms with Crippen molar-refractivity contribution in [1.82, 2.24) is 9.80 Å². The van der Waals surface area contributed by atoms with Gasteiger partial charge in [-0.05, 0) is 23.8 Å². The van der Waals surface area contributed by atoms with Crippen LogP contribution in [0.2, 0.25) is 0 Å². The van der Waals surface area contributed by atoms with Crippen LogP contribution in [0.15, 0.2) is 30.3 Å². The molecule has 5 nitrogen and oxygen atoms in total.